The van der Waals surface area contributed by atoms with Crippen molar-refractivity contribution in [2.45, 2.75) is 33.0 Å². The zero-order valence-corrected chi connectivity index (χ0v) is 21.6. The third kappa shape index (κ3) is 5.53. The van der Waals surface area contributed by atoms with Gasteiger partial charge in [0.1, 0.15) is 0 Å². The van der Waals surface area contributed by atoms with Crippen LogP contribution in [0, 0.1) is 0 Å². The molecule has 0 bridgehead atoms. The Balaban J connectivity index is 1.14. The first-order valence-electron chi connectivity index (χ1n) is 13.1. The third-order valence-electron chi connectivity index (χ3n) is 7.39. The van der Waals surface area contributed by atoms with E-state index in [4.69, 9.17) is 0 Å². The molecule has 0 spiro atoms. The number of aryl methyl sites for hydroxylation is 1. The van der Waals surface area contributed by atoms with Gasteiger partial charge in [-0.1, -0.05) is 48.5 Å². The van der Waals surface area contributed by atoms with E-state index in [-0.39, 0.29) is 17.9 Å². The lowest BCUT2D eigenvalue weighted by Gasteiger charge is -2.37. The number of carbonyl (C=O) groups is 2. The quantitative estimate of drug-likeness (QED) is 0.385. The maximum atomic E-state index is 13.1. The predicted octanol–water partition coefficient (Wildman–Crippen LogP) is 4.08. The molecule has 1 aromatic heterocycles. The molecule has 192 valence electrons. The Morgan fingerprint density at radius 1 is 0.865 bits per heavy atom. The first-order valence-corrected chi connectivity index (χ1v) is 13.1. The van der Waals surface area contributed by atoms with Crippen molar-refractivity contribution >= 4 is 39.3 Å². The normalized spacial score (nSPS) is 15.6. The number of piperazine rings is 1. The number of benzene rings is 3. The number of para-hydroxylation sites is 1. The summed E-state index contributed by atoms with van der Waals surface area (Å²) >= 11 is 0. The predicted molar refractivity (Wildman–Crippen MR) is 150 cm³/mol. The van der Waals surface area contributed by atoms with Crippen LogP contribution in [0.4, 0.5) is 5.69 Å². The van der Waals surface area contributed by atoms with Crippen LogP contribution in [0.25, 0.3) is 21.8 Å². The molecule has 37 heavy (non-hydrogen) atoms. The van der Waals surface area contributed by atoms with Crippen molar-refractivity contribution < 1.29 is 9.59 Å². The van der Waals surface area contributed by atoms with Crippen LogP contribution in [0.5, 0.6) is 0 Å². The van der Waals surface area contributed by atoms with Gasteiger partial charge in [-0.05, 0) is 43.7 Å². The summed E-state index contributed by atoms with van der Waals surface area (Å²) < 4.78 is 2.31. The fourth-order valence-corrected chi connectivity index (χ4v) is 5.25. The van der Waals surface area contributed by atoms with Crippen molar-refractivity contribution in [2.75, 3.05) is 38.0 Å². The van der Waals surface area contributed by atoms with Crippen LogP contribution < -0.4 is 10.6 Å². The van der Waals surface area contributed by atoms with Crippen LogP contribution >= 0.6 is 0 Å². The molecule has 0 radical (unpaired) electrons. The van der Waals surface area contributed by atoms with Crippen molar-refractivity contribution in [2.24, 2.45) is 0 Å². The lowest BCUT2D eigenvalue weighted by molar-refractivity contribution is -0.124. The van der Waals surface area contributed by atoms with Gasteiger partial charge in [0, 0.05) is 66.8 Å². The standard InChI is InChI=1S/C30H35N5O2/c1-3-35-27-12-8-7-11-25(27)26-19-24(13-14-28(26)35)32-30(37)22(2)34-17-15-33(16-18-34)21-29(36)31-20-23-9-5-4-6-10-23/h4-14,19,22H,3,15-18,20-21H2,1-2H3,(H,31,36)(H,32,37). The Morgan fingerprint density at radius 3 is 2.32 bits per heavy atom. The van der Waals surface area contributed by atoms with Gasteiger partial charge in [0.15, 0.2) is 0 Å². The van der Waals surface area contributed by atoms with Crippen LogP contribution in [-0.4, -0.2) is 64.9 Å². The zero-order chi connectivity index (χ0) is 25.8. The fraction of sp³-hybridized carbons (Fsp3) is 0.333. The van der Waals surface area contributed by atoms with Gasteiger partial charge in [0.05, 0.1) is 12.6 Å². The van der Waals surface area contributed by atoms with Gasteiger partial charge in [-0.25, -0.2) is 0 Å². The molecule has 1 aliphatic rings. The van der Waals surface area contributed by atoms with E-state index in [1.807, 2.05) is 43.3 Å². The van der Waals surface area contributed by atoms with Gasteiger partial charge in [0.2, 0.25) is 11.8 Å². The molecule has 1 saturated heterocycles. The summed E-state index contributed by atoms with van der Waals surface area (Å²) in [5.74, 6) is 0.0237. The summed E-state index contributed by atoms with van der Waals surface area (Å²) in [7, 11) is 0. The molecule has 4 aromatic rings. The second-order valence-corrected chi connectivity index (χ2v) is 9.73. The zero-order valence-electron chi connectivity index (χ0n) is 21.6. The van der Waals surface area contributed by atoms with Gasteiger partial charge in [-0.3, -0.25) is 19.4 Å². The lowest BCUT2D eigenvalue weighted by atomic mass is 10.1. The highest BCUT2D eigenvalue weighted by atomic mass is 16.2. The maximum absolute atomic E-state index is 13.1. The summed E-state index contributed by atoms with van der Waals surface area (Å²) in [6.07, 6.45) is 0. The van der Waals surface area contributed by atoms with E-state index in [2.05, 4.69) is 68.3 Å². The minimum absolute atomic E-state index is 0.00682. The number of fused-ring (bicyclic) bond motifs is 3. The minimum Gasteiger partial charge on any atom is -0.351 e. The number of carbonyl (C=O) groups excluding carboxylic acids is 2. The number of rotatable bonds is 8. The molecule has 2 N–H and O–H groups in total. The molecule has 1 fully saturated rings. The number of hydrogen-bond donors (Lipinski definition) is 2. The maximum Gasteiger partial charge on any atom is 0.241 e. The van der Waals surface area contributed by atoms with Gasteiger partial charge in [-0.15, -0.1) is 0 Å². The van der Waals surface area contributed by atoms with Gasteiger partial charge in [-0.2, -0.15) is 0 Å². The molecule has 7 heteroatoms. The molecule has 5 rings (SSSR count). The topological polar surface area (TPSA) is 69.6 Å². The van der Waals surface area contributed by atoms with Crippen LogP contribution in [0.3, 0.4) is 0 Å². The van der Waals surface area contributed by atoms with Crippen molar-refractivity contribution in [3.8, 4) is 0 Å². The van der Waals surface area contributed by atoms with Crippen LogP contribution in [0.15, 0.2) is 72.8 Å². The summed E-state index contributed by atoms with van der Waals surface area (Å²) in [6, 6.07) is 24.3. The van der Waals surface area contributed by atoms with Gasteiger partial charge >= 0.3 is 0 Å². The van der Waals surface area contributed by atoms with E-state index in [1.165, 1.54) is 16.4 Å². The second kappa shape index (κ2) is 11.2. The van der Waals surface area contributed by atoms with E-state index < -0.39 is 0 Å². The van der Waals surface area contributed by atoms with E-state index in [0.29, 0.717) is 13.1 Å². The molecule has 1 aliphatic heterocycles. The number of nitrogens with zero attached hydrogens (tertiary/aromatic N) is 3. The average Bonchev–Trinajstić information content (AvgIpc) is 3.25. The van der Waals surface area contributed by atoms with E-state index in [9.17, 15) is 9.59 Å². The van der Waals surface area contributed by atoms with Gasteiger partial charge < -0.3 is 15.2 Å². The molecule has 7 nitrogen and oxygen atoms in total. The number of amides is 2. The molecule has 2 amide bonds. The first-order chi connectivity index (χ1) is 18.0. The highest BCUT2D eigenvalue weighted by Gasteiger charge is 2.26. The van der Waals surface area contributed by atoms with E-state index in [0.717, 1.165) is 49.4 Å². The Hall–Kier alpha value is -3.68. The van der Waals surface area contributed by atoms with Crippen molar-refractivity contribution in [3.05, 3.63) is 78.4 Å². The minimum atomic E-state index is -0.248. The Morgan fingerprint density at radius 2 is 1.57 bits per heavy atom. The molecule has 0 saturated carbocycles. The van der Waals surface area contributed by atoms with Crippen LogP contribution in [0.1, 0.15) is 19.4 Å². The summed E-state index contributed by atoms with van der Waals surface area (Å²) in [5.41, 5.74) is 4.30. The molecular weight excluding hydrogens is 462 g/mol. The average molecular weight is 498 g/mol. The largest absolute Gasteiger partial charge is 0.351 e. The van der Waals surface area contributed by atoms with E-state index >= 15 is 0 Å². The van der Waals surface area contributed by atoms with Crippen LogP contribution in [-0.2, 0) is 22.7 Å². The SMILES string of the molecule is CCn1c2ccccc2c2cc(NC(=O)C(C)N3CCN(CC(=O)NCc4ccccc4)CC3)ccc21. The second-order valence-electron chi connectivity index (χ2n) is 9.73. The van der Waals surface area contributed by atoms with Crippen LogP contribution in [0.2, 0.25) is 0 Å². The summed E-state index contributed by atoms with van der Waals surface area (Å²) in [5, 5.41) is 8.48. The molecular formula is C30H35N5O2. The molecule has 0 aliphatic carbocycles. The van der Waals surface area contributed by atoms with Crippen molar-refractivity contribution in [3.63, 3.8) is 0 Å². The Kier molecular flexibility index (Phi) is 7.53. The number of anilines is 1. The van der Waals surface area contributed by atoms with Crippen molar-refractivity contribution in [1.29, 1.82) is 0 Å². The molecule has 3 aromatic carbocycles. The lowest BCUT2D eigenvalue weighted by Crippen LogP contribution is -2.54. The molecule has 1 unspecified atom stereocenters. The Bertz CT molecular complexity index is 1390. The number of aromatic nitrogens is 1. The number of hydrogen-bond acceptors (Lipinski definition) is 4. The molecule has 2 heterocycles. The van der Waals surface area contributed by atoms with Gasteiger partial charge in [0.25, 0.3) is 0 Å². The highest BCUT2D eigenvalue weighted by Crippen LogP contribution is 2.31. The third-order valence-corrected chi connectivity index (χ3v) is 7.39. The first kappa shape index (κ1) is 25.0. The van der Waals surface area contributed by atoms with Crippen molar-refractivity contribution in [1.82, 2.24) is 19.7 Å². The summed E-state index contributed by atoms with van der Waals surface area (Å²) in [4.78, 5) is 29.8. The fourth-order valence-electron chi connectivity index (χ4n) is 5.25. The molecule has 1 atom stereocenters. The monoisotopic (exact) mass is 497 g/mol. The van der Waals surface area contributed by atoms with E-state index in [1.54, 1.807) is 0 Å². The number of nitrogens with one attached hydrogen (secondary N) is 2. The Labute approximate surface area is 218 Å². The summed E-state index contributed by atoms with van der Waals surface area (Å²) in [6.45, 7) is 8.96. The highest BCUT2D eigenvalue weighted by molar-refractivity contribution is 6.10. The smallest absolute Gasteiger partial charge is 0.241 e.